The highest BCUT2D eigenvalue weighted by Gasteiger charge is 2.38. The largest absolute Gasteiger partial charge is 0.490 e. The minimum atomic E-state index is -5.08. The number of aromatic amines is 1. The van der Waals surface area contributed by atoms with Gasteiger partial charge < -0.3 is 26.2 Å². The monoisotopic (exact) mass is 688 g/mol. The van der Waals surface area contributed by atoms with Crippen molar-refractivity contribution in [2.45, 2.75) is 31.7 Å². The number of hydrogen-bond acceptors (Lipinski definition) is 8. The van der Waals surface area contributed by atoms with Gasteiger partial charge in [-0.3, -0.25) is 4.57 Å². The van der Waals surface area contributed by atoms with Crippen LogP contribution in [0.4, 0.5) is 40.8 Å². The lowest BCUT2D eigenvalue weighted by molar-refractivity contribution is -0.193. The molecule has 1 fully saturated rings. The van der Waals surface area contributed by atoms with Crippen LogP contribution in [0.25, 0.3) is 10.4 Å². The van der Waals surface area contributed by atoms with Gasteiger partial charge in [-0.1, -0.05) is 12.1 Å². The lowest BCUT2D eigenvalue weighted by Gasteiger charge is -2.29. The second-order valence-electron chi connectivity index (χ2n) is 9.25. The van der Waals surface area contributed by atoms with E-state index in [1.807, 2.05) is 6.07 Å². The van der Waals surface area contributed by atoms with E-state index in [2.05, 4.69) is 50.7 Å². The maximum atomic E-state index is 12.9. The number of H-pyrrole nitrogens is 1. The molecule has 3 aromatic rings. The number of carbonyl (C=O) groups is 2. The molecule has 0 radical (unpaired) electrons. The second-order valence-corrected chi connectivity index (χ2v) is 10.4. The summed E-state index contributed by atoms with van der Waals surface area (Å²) in [4.78, 5) is 34.5. The van der Waals surface area contributed by atoms with E-state index in [1.54, 1.807) is 11.3 Å². The number of hydrogen-bond donors (Lipinski definition) is 5. The molecule has 3 heterocycles. The summed E-state index contributed by atoms with van der Waals surface area (Å²) >= 11 is 1.67. The number of nitrogens with one attached hydrogen (secondary N) is 2. The lowest BCUT2D eigenvalue weighted by Crippen LogP contribution is -2.43. The Kier molecular flexibility index (Phi) is 13.9. The number of aryl methyl sites for hydroxylation is 1. The van der Waals surface area contributed by atoms with Gasteiger partial charge in [0.1, 0.15) is 5.82 Å². The fourth-order valence-corrected chi connectivity index (χ4v) is 4.77. The number of carboxylic acid groups (broad SMARTS) is 2. The van der Waals surface area contributed by atoms with Gasteiger partial charge in [0.2, 0.25) is 0 Å². The summed E-state index contributed by atoms with van der Waals surface area (Å²) in [6.45, 7) is 4.12. The number of piperazine rings is 1. The van der Waals surface area contributed by atoms with Gasteiger partial charge in [-0.15, -0.1) is 11.3 Å². The first-order valence-corrected chi connectivity index (χ1v) is 13.9. The Morgan fingerprint density at radius 3 is 1.96 bits per heavy atom. The molecule has 0 atom stereocenters. The summed E-state index contributed by atoms with van der Waals surface area (Å²) < 4.78 is 90.8. The molecule has 0 amide bonds. The van der Waals surface area contributed by atoms with E-state index < -0.39 is 36.1 Å². The van der Waals surface area contributed by atoms with Crippen molar-refractivity contribution in [2.24, 2.45) is 5.73 Å². The van der Waals surface area contributed by atoms with E-state index in [-0.39, 0.29) is 24.4 Å². The molecule has 0 unspecified atom stereocenters. The number of halogens is 8. The molecule has 1 aliphatic heterocycles. The summed E-state index contributed by atoms with van der Waals surface area (Å²) in [7, 11) is 0. The predicted octanol–water partition coefficient (Wildman–Crippen LogP) is 3.87. The quantitative estimate of drug-likeness (QED) is 0.221. The molecule has 11 nitrogen and oxygen atoms in total. The minimum absolute atomic E-state index is 0.146. The van der Waals surface area contributed by atoms with E-state index in [9.17, 15) is 39.9 Å². The number of nitrogens with zero attached hydrogens (tertiary/aromatic N) is 3. The molecular formula is C26H28F8N6O5S. The topological polar surface area (TPSA) is 167 Å². The van der Waals surface area contributed by atoms with Crippen molar-refractivity contribution < 1.29 is 54.9 Å². The van der Waals surface area contributed by atoms with Crippen LogP contribution in [0, 0.1) is 0 Å². The molecule has 6 N–H and O–H groups in total. The maximum absolute atomic E-state index is 12.9. The molecule has 20 heteroatoms. The second kappa shape index (κ2) is 16.9. The van der Waals surface area contributed by atoms with Crippen LogP contribution >= 0.6 is 11.3 Å². The van der Waals surface area contributed by atoms with Crippen LogP contribution in [0.5, 0.6) is 0 Å². The number of nitrogens with two attached hydrogens (primary N) is 1. The molecule has 1 saturated heterocycles. The predicted molar refractivity (Wildman–Crippen MR) is 151 cm³/mol. The Morgan fingerprint density at radius 1 is 0.935 bits per heavy atom. The molecule has 0 saturated carbocycles. The van der Waals surface area contributed by atoms with Crippen LogP contribution in [0.15, 0.2) is 52.8 Å². The maximum Gasteiger partial charge on any atom is 0.490 e. The standard InChI is InChI=1S/C22H26F2N6OS.2C2HF3O2/c23-21(24)16(14-25)13-20-27-28-22(31)30(20)10-7-18-5-6-19(32-18)15-1-3-17(4-2-15)29-11-8-26-9-12-29;2*3-2(4,5)1(6)7/h1-6,26H,7-14,25H2,(H,28,31);2*(H,6,7). The SMILES string of the molecule is NCC(Cc1n[nH]c(=O)n1CCc1ccc(-c2ccc(N3CCNCC3)cc2)s1)=C(F)F.O=C(O)C(F)(F)F.O=C(O)C(F)(F)F. The van der Waals surface area contributed by atoms with Gasteiger partial charge >= 0.3 is 30.0 Å². The fourth-order valence-electron chi connectivity index (χ4n) is 3.77. The third-order valence-corrected chi connectivity index (χ3v) is 7.28. The van der Waals surface area contributed by atoms with Gasteiger partial charge in [-0.2, -0.15) is 40.2 Å². The van der Waals surface area contributed by atoms with Crippen LogP contribution in [-0.4, -0.2) is 82.0 Å². The Morgan fingerprint density at radius 2 is 1.48 bits per heavy atom. The zero-order valence-corrected chi connectivity index (χ0v) is 24.4. The molecule has 0 bridgehead atoms. The third-order valence-electron chi connectivity index (χ3n) is 6.08. The van der Waals surface area contributed by atoms with Crippen molar-refractivity contribution in [1.29, 1.82) is 0 Å². The Balaban J connectivity index is 0.000000440. The van der Waals surface area contributed by atoms with E-state index >= 15 is 0 Å². The summed E-state index contributed by atoms with van der Waals surface area (Å²) in [5, 5.41) is 23.9. The minimum Gasteiger partial charge on any atom is -0.475 e. The zero-order chi connectivity index (χ0) is 34.7. The van der Waals surface area contributed by atoms with Gasteiger partial charge in [-0.05, 0) is 36.2 Å². The van der Waals surface area contributed by atoms with Gasteiger partial charge in [0, 0.05) is 66.7 Å². The van der Waals surface area contributed by atoms with Crippen molar-refractivity contribution >= 4 is 29.0 Å². The summed E-state index contributed by atoms with van der Waals surface area (Å²) in [5.41, 5.74) is 7.15. The molecule has 0 spiro atoms. The number of alkyl halides is 6. The average molecular weight is 689 g/mol. The first kappa shape index (κ1) is 37.9. The van der Waals surface area contributed by atoms with Crippen molar-refractivity contribution in [2.75, 3.05) is 37.6 Å². The summed E-state index contributed by atoms with van der Waals surface area (Å²) in [6, 6.07) is 12.7. The zero-order valence-electron chi connectivity index (χ0n) is 23.6. The molecule has 46 heavy (non-hydrogen) atoms. The van der Waals surface area contributed by atoms with Crippen molar-refractivity contribution in [3.8, 4) is 10.4 Å². The Hall–Kier alpha value is -4.30. The smallest absolute Gasteiger partial charge is 0.475 e. The van der Waals surface area contributed by atoms with Gasteiger partial charge in [0.15, 0.2) is 0 Å². The molecule has 2 aromatic heterocycles. The molecule has 1 aliphatic rings. The van der Waals surface area contributed by atoms with E-state index in [0.717, 1.165) is 41.5 Å². The molecular weight excluding hydrogens is 660 g/mol. The van der Waals surface area contributed by atoms with Crippen LogP contribution < -0.4 is 21.6 Å². The van der Waals surface area contributed by atoms with Crippen LogP contribution in [0.3, 0.4) is 0 Å². The van der Waals surface area contributed by atoms with Gasteiger partial charge in [-0.25, -0.2) is 19.5 Å². The average Bonchev–Trinajstić information content (AvgIpc) is 3.61. The van der Waals surface area contributed by atoms with E-state index in [1.165, 1.54) is 10.3 Å². The number of anilines is 1. The van der Waals surface area contributed by atoms with Crippen molar-refractivity contribution in [1.82, 2.24) is 20.1 Å². The van der Waals surface area contributed by atoms with Crippen LogP contribution in [0.1, 0.15) is 10.7 Å². The normalized spacial score (nSPS) is 13.2. The highest BCUT2D eigenvalue weighted by atomic mass is 32.1. The number of aromatic nitrogens is 3. The van der Waals surface area contributed by atoms with Gasteiger partial charge in [0.25, 0.3) is 6.08 Å². The lowest BCUT2D eigenvalue weighted by atomic mass is 10.1. The number of thiophene rings is 1. The Labute approximate surface area is 258 Å². The number of rotatable bonds is 8. The van der Waals surface area contributed by atoms with Gasteiger partial charge in [0.05, 0.1) is 0 Å². The molecule has 4 rings (SSSR count). The summed E-state index contributed by atoms with van der Waals surface area (Å²) in [6.07, 6.45) is -11.5. The number of carboxylic acids is 2. The highest BCUT2D eigenvalue weighted by Crippen LogP contribution is 2.30. The van der Waals surface area contributed by atoms with E-state index in [4.69, 9.17) is 25.5 Å². The molecule has 254 valence electrons. The van der Waals surface area contributed by atoms with Crippen LogP contribution in [0.2, 0.25) is 0 Å². The number of aliphatic carboxylic acids is 2. The number of benzene rings is 1. The Bertz CT molecular complexity index is 1500. The first-order valence-electron chi connectivity index (χ1n) is 13.1. The summed E-state index contributed by atoms with van der Waals surface area (Å²) in [5.74, 6) is -5.25. The van der Waals surface area contributed by atoms with Crippen molar-refractivity contribution in [3.05, 3.63) is 69.2 Å². The van der Waals surface area contributed by atoms with E-state index in [0.29, 0.717) is 13.0 Å². The van der Waals surface area contributed by atoms with Crippen LogP contribution in [-0.2, 0) is 29.0 Å². The highest BCUT2D eigenvalue weighted by molar-refractivity contribution is 7.15. The molecule has 1 aromatic carbocycles. The molecule has 0 aliphatic carbocycles. The van der Waals surface area contributed by atoms with Crippen molar-refractivity contribution in [3.63, 3.8) is 0 Å². The third kappa shape index (κ3) is 11.9. The fraction of sp³-hybridized carbons (Fsp3) is 0.385. The first-order chi connectivity index (χ1) is 21.4.